The van der Waals surface area contributed by atoms with Gasteiger partial charge in [0.25, 0.3) is 0 Å². The molecule has 0 aliphatic carbocycles. The molecule has 3 heterocycles. The smallest absolute Gasteiger partial charge is 0.134 e. The highest BCUT2D eigenvalue weighted by Crippen LogP contribution is 2.36. The molecule has 0 amide bonds. The second kappa shape index (κ2) is 6.07. The summed E-state index contributed by atoms with van der Waals surface area (Å²) in [5.74, 6) is 0.342. The first-order valence-corrected chi connectivity index (χ1v) is 8.83. The van der Waals surface area contributed by atoms with Crippen LogP contribution in [0.3, 0.4) is 0 Å². The SMILES string of the molecule is CN1Cc2cc(-c3cnccn3)ccc2C(c2ccc3ccoc3c2)C1. The van der Waals surface area contributed by atoms with Gasteiger partial charge in [-0.1, -0.05) is 24.3 Å². The Morgan fingerprint density at radius 2 is 2.04 bits per heavy atom. The minimum Gasteiger partial charge on any atom is -0.464 e. The molecule has 0 bridgehead atoms. The van der Waals surface area contributed by atoms with E-state index >= 15 is 0 Å². The van der Waals surface area contributed by atoms with Gasteiger partial charge >= 0.3 is 0 Å². The van der Waals surface area contributed by atoms with Gasteiger partial charge in [0, 0.05) is 42.4 Å². The van der Waals surface area contributed by atoms with Gasteiger partial charge in [0.05, 0.1) is 18.2 Å². The molecule has 0 spiro atoms. The normalized spacial score (nSPS) is 17.3. The molecule has 0 saturated heterocycles. The number of furan rings is 1. The first-order valence-electron chi connectivity index (χ1n) is 8.83. The van der Waals surface area contributed by atoms with Crippen LogP contribution in [0.15, 0.2) is 71.7 Å². The molecule has 1 unspecified atom stereocenters. The number of likely N-dealkylation sites (N-methyl/N-ethyl adjacent to an activating group) is 1. The van der Waals surface area contributed by atoms with Crippen molar-refractivity contribution in [3.05, 3.63) is 84.0 Å². The Hall–Kier alpha value is -2.98. The molecule has 1 atom stereocenters. The molecule has 2 aromatic heterocycles. The highest BCUT2D eigenvalue weighted by atomic mass is 16.3. The van der Waals surface area contributed by atoms with E-state index < -0.39 is 0 Å². The van der Waals surface area contributed by atoms with Crippen molar-refractivity contribution in [2.45, 2.75) is 12.5 Å². The van der Waals surface area contributed by atoms with Crippen LogP contribution in [0.5, 0.6) is 0 Å². The van der Waals surface area contributed by atoms with Crippen molar-refractivity contribution in [3.8, 4) is 11.3 Å². The van der Waals surface area contributed by atoms with Gasteiger partial charge < -0.3 is 9.32 Å². The van der Waals surface area contributed by atoms with E-state index in [1.54, 1.807) is 18.7 Å². The van der Waals surface area contributed by atoms with Crippen LogP contribution in [-0.2, 0) is 6.54 Å². The second-order valence-electron chi connectivity index (χ2n) is 6.97. The maximum atomic E-state index is 5.61. The molecule has 0 radical (unpaired) electrons. The van der Waals surface area contributed by atoms with Gasteiger partial charge in [0.15, 0.2) is 0 Å². The van der Waals surface area contributed by atoms with Gasteiger partial charge in [-0.05, 0) is 41.9 Å². The van der Waals surface area contributed by atoms with E-state index in [0.29, 0.717) is 5.92 Å². The van der Waals surface area contributed by atoms with E-state index in [4.69, 9.17) is 4.42 Å². The van der Waals surface area contributed by atoms with Gasteiger partial charge in [-0.2, -0.15) is 0 Å². The molecule has 2 aromatic carbocycles. The Morgan fingerprint density at radius 3 is 2.92 bits per heavy atom. The molecule has 5 rings (SSSR count). The van der Waals surface area contributed by atoms with Crippen LogP contribution in [0, 0.1) is 0 Å². The lowest BCUT2D eigenvalue weighted by molar-refractivity contribution is 0.295. The van der Waals surface area contributed by atoms with Gasteiger partial charge in [0.2, 0.25) is 0 Å². The van der Waals surface area contributed by atoms with E-state index in [9.17, 15) is 0 Å². The molecular weight excluding hydrogens is 322 g/mol. The first-order chi connectivity index (χ1) is 12.8. The van der Waals surface area contributed by atoms with Crippen LogP contribution in [0.4, 0.5) is 0 Å². The average molecular weight is 341 g/mol. The van der Waals surface area contributed by atoms with E-state index in [1.807, 2.05) is 12.3 Å². The lowest BCUT2D eigenvalue weighted by Gasteiger charge is -2.33. The lowest BCUT2D eigenvalue weighted by atomic mass is 9.83. The number of hydrogen-bond donors (Lipinski definition) is 0. The van der Waals surface area contributed by atoms with E-state index in [2.05, 4.69) is 58.3 Å². The maximum absolute atomic E-state index is 5.61. The maximum Gasteiger partial charge on any atom is 0.134 e. The summed E-state index contributed by atoms with van der Waals surface area (Å²) in [6.45, 7) is 1.95. The molecule has 4 nitrogen and oxygen atoms in total. The van der Waals surface area contributed by atoms with Crippen molar-refractivity contribution in [1.82, 2.24) is 14.9 Å². The summed E-state index contributed by atoms with van der Waals surface area (Å²) in [5.41, 5.74) is 7.03. The third-order valence-electron chi connectivity index (χ3n) is 5.19. The van der Waals surface area contributed by atoms with Crippen LogP contribution in [0.2, 0.25) is 0 Å². The summed E-state index contributed by atoms with van der Waals surface area (Å²) in [7, 11) is 2.18. The van der Waals surface area contributed by atoms with E-state index in [-0.39, 0.29) is 0 Å². The minimum atomic E-state index is 0.342. The number of benzene rings is 2. The fraction of sp³-hybridized carbons (Fsp3) is 0.182. The zero-order chi connectivity index (χ0) is 17.5. The molecule has 0 fully saturated rings. The monoisotopic (exact) mass is 341 g/mol. The Bertz CT molecular complexity index is 1070. The Morgan fingerprint density at radius 1 is 1.08 bits per heavy atom. The van der Waals surface area contributed by atoms with Crippen molar-refractivity contribution in [1.29, 1.82) is 0 Å². The standard InChI is InChI=1S/C22H19N3O/c1-25-13-18-10-17(21-12-23-7-8-24-21)4-5-19(18)20(14-25)16-3-2-15-6-9-26-22(15)11-16/h2-12,20H,13-14H2,1H3. The van der Waals surface area contributed by atoms with Crippen molar-refractivity contribution < 1.29 is 4.42 Å². The number of fused-ring (bicyclic) bond motifs is 2. The molecule has 4 aromatic rings. The van der Waals surface area contributed by atoms with Crippen LogP contribution in [0.25, 0.3) is 22.2 Å². The summed E-state index contributed by atoms with van der Waals surface area (Å²) in [6.07, 6.45) is 7.01. The molecule has 26 heavy (non-hydrogen) atoms. The van der Waals surface area contributed by atoms with Crippen molar-refractivity contribution in [2.24, 2.45) is 0 Å². The largest absolute Gasteiger partial charge is 0.464 e. The average Bonchev–Trinajstić information content (AvgIpc) is 3.15. The number of nitrogens with zero attached hydrogens (tertiary/aromatic N) is 3. The summed E-state index contributed by atoms with van der Waals surface area (Å²) >= 11 is 0. The fourth-order valence-electron chi connectivity index (χ4n) is 3.93. The second-order valence-corrected chi connectivity index (χ2v) is 6.97. The van der Waals surface area contributed by atoms with Crippen molar-refractivity contribution in [2.75, 3.05) is 13.6 Å². The van der Waals surface area contributed by atoms with Crippen LogP contribution in [0.1, 0.15) is 22.6 Å². The molecule has 1 aliphatic rings. The van der Waals surface area contributed by atoms with Gasteiger partial charge in [-0.3, -0.25) is 9.97 Å². The summed E-state index contributed by atoms with van der Waals surface area (Å²) in [5, 5.41) is 1.15. The predicted octanol–water partition coefficient (Wildman–Crippen LogP) is 4.47. The molecule has 0 N–H and O–H groups in total. The number of hydrogen-bond acceptors (Lipinski definition) is 4. The lowest BCUT2D eigenvalue weighted by Crippen LogP contribution is -2.31. The van der Waals surface area contributed by atoms with Crippen LogP contribution >= 0.6 is 0 Å². The third-order valence-corrected chi connectivity index (χ3v) is 5.19. The molecule has 128 valence electrons. The first kappa shape index (κ1) is 15.3. The quantitative estimate of drug-likeness (QED) is 0.539. The predicted molar refractivity (Wildman–Crippen MR) is 102 cm³/mol. The molecule has 0 saturated carbocycles. The Balaban J connectivity index is 1.59. The van der Waals surface area contributed by atoms with Gasteiger partial charge in [0.1, 0.15) is 5.58 Å². The van der Waals surface area contributed by atoms with Crippen LogP contribution < -0.4 is 0 Å². The third kappa shape index (κ3) is 2.59. The molecule has 1 aliphatic heterocycles. The zero-order valence-corrected chi connectivity index (χ0v) is 14.6. The van der Waals surface area contributed by atoms with Gasteiger partial charge in [-0.15, -0.1) is 0 Å². The van der Waals surface area contributed by atoms with E-state index in [0.717, 1.165) is 35.3 Å². The Kier molecular flexibility index (Phi) is 3.57. The minimum absolute atomic E-state index is 0.342. The Labute approximate surface area is 152 Å². The van der Waals surface area contributed by atoms with Crippen LogP contribution in [-0.4, -0.2) is 28.5 Å². The zero-order valence-electron chi connectivity index (χ0n) is 14.6. The molecule has 4 heteroatoms. The highest BCUT2D eigenvalue weighted by Gasteiger charge is 2.25. The number of aromatic nitrogens is 2. The highest BCUT2D eigenvalue weighted by molar-refractivity contribution is 5.78. The number of rotatable bonds is 2. The summed E-state index contributed by atoms with van der Waals surface area (Å²) < 4.78 is 5.61. The van der Waals surface area contributed by atoms with E-state index in [1.165, 1.54) is 16.7 Å². The molecular formula is C22H19N3O. The van der Waals surface area contributed by atoms with Crippen molar-refractivity contribution >= 4 is 11.0 Å². The van der Waals surface area contributed by atoms with Crippen molar-refractivity contribution in [3.63, 3.8) is 0 Å². The summed E-state index contributed by atoms with van der Waals surface area (Å²) in [4.78, 5) is 11.0. The summed E-state index contributed by atoms with van der Waals surface area (Å²) in [6, 6.07) is 15.2. The van der Waals surface area contributed by atoms with Gasteiger partial charge in [-0.25, -0.2) is 0 Å². The fourth-order valence-corrected chi connectivity index (χ4v) is 3.93. The topological polar surface area (TPSA) is 42.2 Å².